The van der Waals surface area contributed by atoms with E-state index in [0.717, 1.165) is 27.8 Å². The molecule has 0 spiro atoms. The van der Waals surface area contributed by atoms with E-state index in [1.54, 1.807) is 0 Å². The summed E-state index contributed by atoms with van der Waals surface area (Å²) in [6.45, 7) is 4.47. The highest BCUT2D eigenvalue weighted by Crippen LogP contribution is 2.58. The maximum Gasteiger partial charge on any atom is 0.460 e. The lowest BCUT2D eigenvalue weighted by Gasteiger charge is -2.60. The van der Waals surface area contributed by atoms with Crippen LogP contribution in [0.25, 0.3) is 0 Å². The van der Waals surface area contributed by atoms with Crippen LogP contribution in [0.5, 0.6) is 23.0 Å². The predicted molar refractivity (Wildman–Crippen MR) is 189 cm³/mol. The number of carbonyl (C=O) groups is 2. The van der Waals surface area contributed by atoms with Crippen LogP contribution in [0.2, 0.25) is 0 Å². The van der Waals surface area contributed by atoms with Crippen LogP contribution in [0.3, 0.4) is 0 Å². The zero-order valence-corrected chi connectivity index (χ0v) is 31.5. The summed E-state index contributed by atoms with van der Waals surface area (Å²) in [5, 5.41) is 13.8. The molecule has 5 atom stereocenters. The quantitative estimate of drug-likeness (QED) is 0.145. The molecule has 4 aliphatic rings. The van der Waals surface area contributed by atoms with E-state index in [2.05, 4.69) is 11.4 Å². The largest absolute Gasteiger partial charge is 0.496 e. The Labute approximate surface area is 323 Å². The van der Waals surface area contributed by atoms with Gasteiger partial charge in [-0.3, -0.25) is 14.6 Å². The second-order valence-corrected chi connectivity index (χ2v) is 14.9. The molecule has 3 aromatic carbocycles. The second-order valence-electron chi connectivity index (χ2n) is 14.9. The molecule has 0 aromatic heterocycles. The summed E-state index contributed by atoms with van der Waals surface area (Å²) in [6, 6.07) is 10.2. The topological polar surface area (TPSA) is 113 Å². The molecule has 10 nitrogen and oxygen atoms in total. The van der Waals surface area contributed by atoms with Gasteiger partial charge in [0, 0.05) is 41.7 Å². The molecular weight excluding hydrogens is 765 g/mol. The molecule has 1 fully saturated rings. The SMILES string of the molecule is COc1c(C)cc2c(c1C)[C@@H]1C3Cc4c(OC(=O)C(F)(F)C(F)(F)C(F)(F)F)c(C)c5c(c4[C@H](CNC(=O)CCc4ccccc4)N3[C@@H](C#N)[C@H](C2)N1C)OCO5. The van der Waals surface area contributed by atoms with Crippen molar-refractivity contribution < 1.29 is 59.3 Å². The number of piperazine rings is 1. The number of amides is 1. The first-order chi connectivity index (χ1) is 26.8. The van der Waals surface area contributed by atoms with Gasteiger partial charge in [-0.25, -0.2) is 4.79 Å². The van der Waals surface area contributed by atoms with Crippen LogP contribution in [0.15, 0.2) is 36.4 Å². The number of nitrogens with zero attached hydrogens (tertiary/aromatic N) is 3. The van der Waals surface area contributed by atoms with Crippen LogP contribution in [0.4, 0.5) is 30.7 Å². The number of nitriles is 1. The minimum absolute atomic E-state index is 0.00611. The van der Waals surface area contributed by atoms with Gasteiger partial charge in [0.05, 0.1) is 25.3 Å². The molecule has 1 saturated heterocycles. The van der Waals surface area contributed by atoms with E-state index < -0.39 is 66.7 Å². The Hall–Kier alpha value is -5.08. The van der Waals surface area contributed by atoms with E-state index >= 15 is 0 Å². The molecular formula is C40H39F7N4O6. The molecule has 3 aromatic rings. The molecule has 57 heavy (non-hydrogen) atoms. The Kier molecular flexibility index (Phi) is 10.1. The van der Waals surface area contributed by atoms with Crippen molar-refractivity contribution in [2.75, 3.05) is 27.5 Å². The van der Waals surface area contributed by atoms with Gasteiger partial charge in [0.15, 0.2) is 11.5 Å². The molecule has 0 saturated carbocycles. The normalized spacial score (nSPS) is 22.8. The minimum atomic E-state index is -6.79. The number of nitrogens with one attached hydrogen (secondary N) is 1. The first-order valence-corrected chi connectivity index (χ1v) is 18.2. The van der Waals surface area contributed by atoms with Gasteiger partial charge < -0.3 is 24.3 Å². The summed E-state index contributed by atoms with van der Waals surface area (Å²) in [4.78, 5) is 30.3. The van der Waals surface area contributed by atoms with Crippen molar-refractivity contribution in [2.24, 2.45) is 0 Å². The first kappa shape index (κ1) is 40.1. The van der Waals surface area contributed by atoms with Gasteiger partial charge in [0.2, 0.25) is 12.7 Å². The number of rotatable bonds is 9. The van der Waals surface area contributed by atoms with Gasteiger partial charge >= 0.3 is 24.0 Å². The van der Waals surface area contributed by atoms with E-state index in [4.69, 9.17) is 18.9 Å². The standard InChI is InChI=1S/C40H39F7N4O6/c1-19-13-23-14-25-27(16-48)51-26(32(50(25)4)30(23)20(2)33(19)54-5)15-24-31(28(51)17-49-29(52)12-11-22-9-7-6-8-10-22)36-35(55-18-56-36)21(3)34(24)57-37(53)38(41,42)39(43,44)40(45,46)47/h6-10,13,25-28,32H,11-12,14-15,17-18H2,1-5H3,(H,49,52)/t25-,26?,27-,28-,32-/m0/s1. The number of alkyl halides is 7. The monoisotopic (exact) mass is 804 g/mol. The summed E-state index contributed by atoms with van der Waals surface area (Å²) >= 11 is 0. The fraction of sp³-hybridized carbons (Fsp3) is 0.475. The summed E-state index contributed by atoms with van der Waals surface area (Å²) in [5.74, 6) is -16.7. The number of esters is 1. The number of halogens is 7. The van der Waals surface area contributed by atoms with Gasteiger partial charge in [0.1, 0.15) is 17.5 Å². The molecule has 1 amide bonds. The molecule has 4 heterocycles. The van der Waals surface area contributed by atoms with E-state index in [1.807, 2.05) is 67.1 Å². The van der Waals surface area contributed by atoms with Crippen LogP contribution in [0.1, 0.15) is 63.0 Å². The zero-order chi connectivity index (χ0) is 41.4. The third kappa shape index (κ3) is 6.31. The number of hydrogen-bond donors (Lipinski definition) is 1. The lowest BCUT2D eigenvalue weighted by molar-refractivity contribution is -0.346. The van der Waals surface area contributed by atoms with Crippen molar-refractivity contribution in [1.29, 1.82) is 5.26 Å². The molecule has 304 valence electrons. The fourth-order valence-electron chi connectivity index (χ4n) is 9.17. The number of methoxy groups -OCH3 is 1. The van der Waals surface area contributed by atoms with Crippen LogP contribution >= 0.6 is 0 Å². The van der Waals surface area contributed by atoms with E-state index in [1.165, 1.54) is 14.0 Å². The molecule has 7 rings (SSSR count). The highest BCUT2D eigenvalue weighted by molar-refractivity contribution is 5.83. The van der Waals surface area contributed by atoms with Crippen LogP contribution in [0, 0.1) is 32.1 Å². The van der Waals surface area contributed by atoms with Crippen LogP contribution < -0.4 is 24.3 Å². The summed E-state index contributed by atoms with van der Waals surface area (Å²) < 4.78 is 120. The highest BCUT2D eigenvalue weighted by atomic mass is 19.4. The van der Waals surface area contributed by atoms with Crippen molar-refractivity contribution in [3.05, 3.63) is 80.9 Å². The Bertz CT molecular complexity index is 2160. The molecule has 2 bridgehead atoms. The highest BCUT2D eigenvalue weighted by Gasteiger charge is 2.77. The van der Waals surface area contributed by atoms with Crippen molar-refractivity contribution in [3.63, 3.8) is 0 Å². The third-order valence-electron chi connectivity index (χ3n) is 11.7. The smallest absolute Gasteiger partial charge is 0.460 e. The molecule has 0 radical (unpaired) electrons. The first-order valence-electron chi connectivity index (χ1n) is 18.2. The molecule has 4 aliphatic heterocycles. The number of likely N-dealkylation sites (N-methyl/N-ethyl adjacent to an activating group) is 1. The summed E-state index contributed by atoms with van der Waals surface area (Å²) in [5.41, 5.74) is 4.37. The van der Waals surface area contributed by atoms with Gasteiger partial charge in [-0.15, -0.1) is 0 Å². The van der Waals surface area contributed by atoms with E-state index in [0.29, 0.717) is 18.6 Å². The number of carbonyl (C=O) groups excluding carboxylic acids is 2. The van der Waals surface area contributed by atoms with Crippen LogP contribution in [-0.2, 0) is 28.9 Å². The van der Waals surface area contributed by atoms with Gasteiger partial charge in [0.25, 0.3) is 0 Å². The fourth-order valence-corrected chi connectivity index (χ4v) is 9.17. The molecule has 1 unspecified atom stereocenters. The molecule has 0 aliphatic carbocycles. The Morgan fingerprint density at radius 1 is 0.947 bits per heavy atom. The number of aryl methyl sites for hydroxylation is 2. The van der Waals surface area contributed by atoms with Crippen molar-refractivity contribution in [1.82, 2.24) is 15.1 Å². The molecule has 1 N–H and O–H groups in total. The summed E-state index contributed by atoms with van der Waals surface area (Å²) in [6.07, 6.45) is -6.04. The lowest BCUT2D eigenvalue weighted by atomic mass is 9.71. The number of benzene rings is 3. The van der Waals surface area contributed by atoms with Crippen molar-refractivity contribution >= 4 is 11.9 Å². The molecule has 17 heteroatoms. The zero-order valence-electron chi connectivity index (χ0n) is 31.5. The average Bonchev–Trinajstić information content (AvgIpc) is 3.65. The average molecular weight is 805 g/mol. The Morgan fingerprint density at radius 3 is 2.28 bits per heavy atom. The van der Waals surface area contributed by atoms with Gasteiger partial charge in [-0.2, -0.15) is 36.0 Å². The lowest BCUT2D eigenvalue weighted by Crippen LogP contribution is -2.69. The van der Waals surface area contributed by atoms with Gasteiger partial charge in [-0.05, 0) is 74.9 Å². The Balaban J connectivity index is 1.39. The van der Waals surface area contributed by atoms with E-state index in [9.17, 15) is 45.6 Å². The second kappa shape index (κ2) is 14.4. The van der Waals surface area contributed by atoms with Crippen molar-refractivity contribution in [2.45, 2.75) is 94.7 Å². The predicted octanol–water partition coefficient (Wildman–Crippen LogP) is 6.61. The third-order valence-corrected chi connectivity index (χ3v) is 11.7. The summed E-state index contributed by atoms with van der Waals surface area (Å²) in [7, 11) is 3.38. The van der Waals surface area contributed by atoms with Crippen molar-refractivity contribution in [3.8, 4) is 29.1 Å². The number of ether oxygens (including phenoxy) is 4. The van der Waals surface area contributed by atoms with E-state index in [-0.39, 0.29) is 53.5 Å². The van der Waals surface area contributed by atoms with Crippen LogP contribution in [-0.4, -0.2) is 85.3 Å². The van der Waals surface area contributed by atoms with Gasteiger partial charge in [-0.1, -0.05) is 36.4 Å². The minimum Gasteiger partial charge on any atom is -0.496 e. The number of fused-ring (bicyclic) bond motifs is 9. The maximum absolute atomic E-state index is 14.9. The maximum atomic E-state index is 14.9. The number of hydrogen-bond acceptors (Lipinski definition) is 9. The Morgan fingerprint density at radius 2 is 1.63 bits per heavy atom.